The number of piperazine rings is 1. The van der Waals surface area contributed by atoms with Gasteiger partial charge in [-0.05, 0) is 61.6 Å². The Balaban J connectivity index is 1.34. The highest BCUT2D eigenvalue weighted by Gasteiger charge is 2.53. The van der Waals surface area contributed by atoms with E-state index in [1.807, 2.05) is 0 Å². The largest absolute Gasteiger partial charge is 0.369 e. The zero-order valence-corrected chi connectivity index (χ0v) is 18.9. The number of hydrogen-bond acceptors (Lipinski definition) is 4. The standard InChI is InChI=1S/C24H36N4O2/c1-18-6-5-7-20(16-18)27-14-12-26(13-15-27)17-28-21(29)24(25-22(28)30)10-8-19(9-11-24)23(2,3)4/h5-7,16,19H,8-15,17H2,1-4H3,(H,25,30). The van der Waals surface area contributed by atoms with Crippen molar-refractivity contribution in [3.63, 3.8) is 0 Å². The summed E-state index contributed by atoms with van der Waals surface area (Å²) in [6.45, 7) is 12.8. The lowest BCUT2D eigenvalue weighted by Crippen LogP contribution is -2.53. The quantitative estimate of drug-likeness (QED) is 0.771. The molecular formula is C24H36N4O2. The van der Waals surface area contributed by atoms with Gasteiger partial charge in [0.15, 0.2) is 0 Å². The summed E-state index contributed by atoms with van der Waals surface area (Å²) in [6, 6.07) is 8.36. The van der Waals surface area contributed by atoms with Crippen LogP contribution in [0.15, 0.2) is 24.3 Å². The molecule has 0 radical (unpaired) electrons. The lowest BCUT2D eigenvalue weighted by Gasteiger charge is -2.41. The highest BCUT2D eigenvalue weighted by atomic mass is 16.2. The van der Waals surface area contributed by atoms with Gasteiger partial charge in [0.25, 0.3) is 5.91 Å². The Morgan fingerprint density at radius 3 is 2.33 bits per heavy atom. The van der Waals surface area contributed by atoms with Gasteiger partial charge in [0.2, 0.25) is 0 Å². The molecule has 0 aromatic heterocycles. The zero-order valence-electron chi connectivity index (χ0n) is 18.9. The third-order valence-electron chi connectivity index (χ3n) is 7.39. The maximum Gasteiger partial charge on any atom is 0.326 e. The van der Waals surface area contributed by atoms with E-state index in [9.17, 15) is 9.59 Å². The summed E-state index contributed by atoms with van der Waals surface area (Å²) in [4.78, 5) is 32.0. The molecule has 1 aromatic rings. The first-order valence-electron chi connectivity index (χ1n) is 11.4. The number of nitrogens with one attached hydrogen (secondary N) is 1. The molecule has 2 heterocycles. The second-order valence-electron chi connectivity index (χ2n) is 10.5. The summed E-state index contributed by atoms with van der Waals surface area (Å²) >= 11 is 0. The van der Waals surface area contributed by atoms with Crippen molar-refractivity contribution in [2.24, 2.45) is 11.3 Å². The number of aryl methyl sites for hydroxylation is 1. The maximum atomic E-state index is 13.3. The molecule has 3 aliphatic rings. The highest BCUT2D eigenvalue weighted by Crippen LogP contribution is 2.43. The summed E-state index contributed by atoms with van der Waals surface area (Å²) in [6.07, 6.45) is 3.52. The van der Waals surface area contributed by atoms with Crippen LogP contribution in [0.4, 0.5) is 10.5 Å². The molecule has 1 spiro atoms. The third kappa shape index (κ3) is 4.07. The zero-order chi connectivity index (χ0) is 21.5. The maximum absolute atomic E-state index is 13.3. The third-order valence-corrected chi connectivity index (χ3v) is 7.39. The lowest BCUT2D eigenvalue weighted by molar-refractivity contribution is -0.134. The molecule has 164 valence electrons. The van der Waals surface area contributed by atoms with Crippen molar-refractivity contribution in [2.75, 3.05) is 37.7 Å². The van der Waals surface area contributed by atoms with E-state index >= 15 is 0 Å². The van der Waals surface area contributed by atoms with Crippen LogP contribution in [-0.2, 0) is 4.79 Å². The summed E-state index contributed by atoms with van der Waals surface area (Å²) < 4.78 is 0. The molecule has 3 amide bonds. The normalized spacial score (nSPS) is 28.3. The first kappa shape index (κ1) is 21.2. The van der Waals surface area contributed by atoms with Crippen molar-refractivity contribution in [3.8, 4) is 0 Å². The van der Waals surface area contributed by atoms with E-state index in [2.05, 4.69) is 67.1 Å². The predicted octanol–water partition coefficient (Wildman–Crippen LogP) is 3.60. The van der Waals surface area contributed by atoms with Crippen LogP contribution < -0.4 is 10.2 Å². The van der Waals surface area contributed by atoms with Crippen molar-refractivity contribution in [1.82, 2.24) is 15.1 Å². The number of anilines is 1. The fourth-order valence-corrected chi connectivity index (χ4v) is 5.29. The van der Waals surface area contributed by atoms with Gasteiger partial charge in [-0.1, -0.05) is 32.9 Å². The fourth-order valence-electron chi connectivity index (χ4n) is 5.29. The Morgan fingerprint density at radius 1 is 1.07 bits per heavy atom. The number of hydrogen-bond donors (Lipinski definition) is 1. The number of carbonyl (C=O) groups excluding carboxylic acids is 2. The number of amides is 3. The monoisotopic (exact) mass is 412 g/mol. The van der Waals surface area contributed by atoms with Gasteiger partial charge in [-0.3, -0.25) is 9.69 Å². The number of benzene rings is 1. The molecule has 6 nitrogen and oxygen atoms in total. The van der Waals surface area contributed by atoms with Crippen LogP contribution in [0.5, 0.6) is 0 Å². The highest BCUT2D eigenvalue weighted by molar-refractivity contribution is 6.07. The van der Waals surface area contributed by atoms with Gasteiger partial charge in [-0.15, -0.1) is 0 Å². The van der Waals surface area contributed by atoms with Gasteiger partial charge >= 0.3 is 6.03 Å². The van der Waals surface area contributed by atoms with Crippen molar-refractivity contribution in [3.05, 3.63) is 29.8 Å². The van der Waals surface area contributed by atoms with Crippen LogP contribution in [0.2, 0.25) is 0 Å². The minimum atomic E-state index is -0.664. The molecule has 1 aliphatic carbocycles. The molecule has 0 atom stereocenters. The van der Waals surface area contributed by atoms with Crippen molar-refractivity contribution >= 4 is 17.6 Å². The molecule has 2 saturated heterocycles. The van der Waals surface area contributed by atoms with E-state index in [0.29, 0.717) is 12.6 Å². The molecule has 1 aromatic carbocycles. The summed E-state index contributed by atoms with van der Waals surface area (Å²) in [5.41, 5.74) is 2.10. The van der Waals surface area contributed by atoms with Crippen molar-refractivity contribution in [1.29, 1.82) is 0 Å². The van der Waals surface area contributed by atoms with Crippen LogP contribution >= 0.6 is 0 Å². The Kier molecular flexibility index (Phi) is 5.56. The molecule has 1 saturated carbocycles. The Labute approximate surface area is 180 Å². The minimum absolute atomic E-state index is 0.0130. The number of imide groups is 1. The molecular weight excluding hydrogens is 376 g/mol. The Hall–Kier alpha value is -2.08. The SMILES string of the molecule is Cc1cccc(N2CCN(CN3C(=O)NC4(CCC(C(C)(C)C)CC4)C3=O)CC2)c1. The van der Waals surface area contributed by atoms with Gasteiger partial charge < -0.3 is 10.2 Å². The molecule has 30 heavy (non-hydrogen) atoms. The molecule has 3 fully saturated rings. The van der Waals surface area contributed by atoms with Gasteiger partial charge in [0, 0.05) is 31.9 Å². The van der Waals surface area contributed by atoms with Crippen LogP contribution in [0, 0.1) is 18.3 Å². The molecule has 1 N–H and O–H groups in total. The molecule has 0 bridgehead atoms. The Morgan fingerprint density at radius 2 is 1.73 bits per heavy atom. The van der Waals surface area contributed by atoms with Gasteiger partial charge in [-0.2, -0.15) is 0 Å². The predicted molar refractivity (Wildman–Crippen MR) is 119 cm³/mol. The average molecular weight is 413 g/mol. The van der Waals surface area contributed by atoms with Gasteiger partial charge in [-0.25, -0.2) is 9.69 Å². The molecule has 0 unspecified atom stereocenters. The number of nitrogens with zero attached hydrogens (tertiary/aromatic N) is 3. The second kappa shape index (κ2) is 7.88. The van der Waals surface area contributed by atoms with E-state index in [-0.39, 0.29) is 17.4 Å². The second-order valence-corrected chi connectivity index (χ2v) is 10.5. The lowest BCUT2D eigenvalue weighted by atomic mass is 9.67. The van der Waals surface area contributed by atoms with E-state index in [4.69, 9.17) is 0 Å². The molecule has 4 rings (SSSR count). The minimum Gasteiger partial charge on any atom is -0.369 e. The van der Waals surface area contributed by atoms with E-state index in [1.54, 1.807) is 0 Å². The first-order valence-corrected chi connectivity index (χ1v) is 11.4. The number of rotatable bonds is 3. The molecule has 2 aliphatic heterocycles. The molecule has 6 heteroatoms. The van der Waals surface area contributed by atoms with Crippen LogP contribution in [0.3, 0.4) is 0 Å². The van der Waals surface area contributed by atoms with Gasteiger partial charge in [0.1, 0.15) is 5.54 Å². The number of urea groups is 1. The van der Waals surface area contributed by atoms with Crippen LogP contribution in [-0.4, -0.2) is 60.1 Å². The average Bonchev–Trinajstić information content (AvgIpc) is 2.92. The summed E-state index contributed by atoms with van der Waals surface area (Å²) in [5, 5.41) is 3.07. The smallest absolute Gasteiger partial charge is 0.326 e. The number of carbonyl (C=O) groups is 2. The van der Waals surface area contributed by atoms with Gasteiger partial charge in [0.05, 0.1) is 6.67 Å². The van der Waals surface area contributed by atoms with E-state index in [0.717, 1.165) is 51.9 Å². The van der Waals surface area contributed by atoms with E-state index < -0.39 is 5.54 Å². The van der Waals surface area contributed by atoms with Crippen molar-refractivity contribution < 1.29 is 9.59 Å². The van der Waals surface area contributed by atoms with Crippen LogP contribution in [0.25, 0.3) is 0 Å². The van der Waals surface area contributed by atoms with Crippen LogP contribution in [0.1, 0.15) is 52.0 Å². The summed E-state index contributed by atoms with van der Waals surface area (Å²) in [5.74, 6) is 0.595. The van der Waals surface area contributed by atoms with E-state index in [1.165, 1.54) is 16.2 Å². The van der Waals surface area contributed by atoms with Crippen molar-refractivity contribution in [2.45, 2.75) is 58.9 Å². The first-order chi connectivity index (χ1) is 14.2. The topological polar surface area (TPSA) is 55.9 Å². The fraction of sp³-hybridized carbons (Fsp3) is 0.667. The summed E-state index contributed by atoms with van der Waals surface area (Å²) in [7, 11) is 0. The Bertz CT molecular complexity index is 800.